The molecule has 2 aromatic carbocycles. The summed E-state index contributed by atoms with van der Waals surface area (Å²) in [4.78, 5) is 32.0. The Balaban J connectivity index is 1.65. The van der Waals surface area contributed by atoms with Crippen molar-refractivity contribution in [1.29, 1.82) is 5.26 Å². The van der Waals surface area contributed by atoms with E-state index in [0.29, 0.717) is 22.4 Å². The Morgan fingerprint density at radius 3 is 2.56 bits per heavy atom. The second-order valence-corrected chi connectivity index (χ2v) is 7.26. The van der Waals surface area contributed by atoms with Crippen LogP contribution in [-0.4, -0.2) is 21.8 Å². The van der Waals surface area contributed by atoms with E-state index in [4.69, 9.17) is 9.68 Å². The summed E-state index contributed by atoms with van der Waals surface area (Å²) in [5.74, 6) is -1.93. The minimum absolute atomic E-state index is 0.0242. The van der Waals surface area contributed by atoms with E-state index >= 15 is 0 Å². The Kier molecular flexibility index (Phi) is 4.53. The van der Waals surface area contributed by atoms with Gasteiger partial charge < -0.3 is 9.52 Å². The molecule has 154 valence electrons. The summed E-state index contributed by atoms with van der Waals surface area (Å²) in [6.45, 7) is 0. The number of hydrogen-bond acceptors (Lipinski definition) is 6. The van der Waals surface area contributed by atoms with E-state index in [-0.39, 0.29) is 11.3 Å². The molecule has 0 saturated carbocycles. The number of rotatable bonds is 4. The molecule has 0 radical (unpaired) electrons. The van der Waals surface area contributed by atoms with Crippen LogP contribution in [0.4, 0.5) is 5.69 Å². The molecule has 0 saturated heterocycles. The van der Waals surface area contributed by atoms with Crippen molar-refractivity contribution in [2.24, 2.45) is 0 Å². The number of anilines is 1. The van der Waals surface area contributed by atoms with Gasteiger partial charge in [0.1, 0.15) is 5.58 Å². The van der Waals surface area contributed by atoms with Crippen LogP contribution >= 0.6 is 0 Å². The molecule has 7 nitrogen and oxygen atoms in total. The molecule has 2 aromatic heterocycles. The van der Waals surface area contributed by atoms with Gasteiger partial charge in [0.25, 0.3) is 5.91 Å². The van der Waals surface area contributed by atoms with Crippen LogP contribution in [0.5, 0.6) is 0 Å². The lowest BCUT2D eigenvalue weighted by atomic mass is 9.96. The number of amides is 1. The highest BCUT2D eigenvalue weighted by Crippen LogP contribution is 2.42. The molecule has 3 heterocycles. The average Bonchev–Trinajstić information content (AvgIpc) is 3.38. The zero-order valence-electron chi connectivity index (χ0n) is 16.6. The van der Waals surface area contributed by atoms with E-state index in [1.165, 1.54) is 4.90 Å². The highest BCUT2D eigenvalue weighted by atomic mass is 16.3. The minimum Gasteiger partial charge on any atom is -0.503 e. The summed E-state index contributed by atoms with van der Waals surface area (Å²) in [5, 5.41) is 20.6. The molecule has 32 heavy (non-hydrogen) atoms. The van der Waals surface area contributed by atoms with Gasteiger partial charge >= 0.3 is 0 Å². The number of para-hydroxylation sites is 1. The van der Waals surface area contributed by atoms with Gasteiger partial charge in [-0.2, -0.15) is 5.26 Å². The van der Waals surface area contributed by atoms with E-state index in [0.717, 1.165) is 5.39 Å². The largest absolute Gasteiger partial charge is 0.503 e. The number of fused-ring (bicyclic) bond motifs is 1. The van der Waals surface area contributed by atoms with Crippen molar-refractivity contribution < 1.29 is 19.1 Å². The number of nitrogens with zero attached hydrogens (tertiary/aromatic N) is 3. The maximum absolute atomic E-state index is 13.5. The molecule has 1 aliphatic heterocycles. The molecular formula is C25H15N3O4. The molecule has 0 fully saturated rings. The van der Waals surface area contributed by atoms with Gasteiger partial charge in [0.2, 0.25) is 5.78 Å². The molecule has 1 atom stereocenters. The van der Waals surface area contributed by atoms with Gasteiger partial charge in [0, 0.05) is 23.5 Å². The minimum atomic E-state index is -0.912. The molecule has 1 unspecified atom stereocenters. The molecule has 0 bridgehead atoms. The Bertz CT molecular complexity index is 1400. The number of benzene rings is 2. The van der Waals surface area contributed by atoms with Gasteiger partial charge in [0.15, 0.2) is 11.5 Å². The second kappa shape index (κ2) is 7.52. The first kappa shape index (κ1) is 19.3. The topological polar surface area (TPSA) is 107 Å². The summed E-state index contributed by atoms with van der Waals surface area (Å²) < 4.78 is 5.70. The molecule has 1 amide bonds. The molecule has 1 aliphatic rings. The van der Waals surface area contributed by atoms with Crippen molar-refractivity contribution in [3.63, 3.8) is 0 Å². The van der Waals surface area contributed by atoms with Crippen LogP contribution in [-0.2, 0) is 4.79 Å². The fourth-order valence-electron chi connectivity index (χ4n) is 3.88. The van der Waals surface area contributed by atoms with Crippen molar-refractivity contribution in [1.82, 2.24) is 4.98 Å². The zero-order chi connectivity index (χ0) is 22.2. The number of pyridine rings is 1. The Morgan fingerprint density at radius 1 is 1.09 bits per heavy atom. The van der Waals surface area contributed by atoms with E-state index in [2.05, 4.69) is 4.98 Å². The number of aromatic nitrogens is 1. The summed E-state index contributed by atoms with van der Waals surface area (Å²) >= 11 is 0. The van der Waals surface area contributed by atoms with Crippen molar-refractivity contribution in [2.45, 2.75) is 6.04 Å². The molecule has 0 spiro atoms. The van der Waals surface area contributed by atoms with E-state index < -0.39 is 23.5 Å². The predicted molar refractivity (Wildman–Crippen MR) is 116 cm³/mol. The maximum Gasteiger partial charge on any atom is 0.294 e. The van der Waals surface area contributed by atoms with Crippen molar-refractivity contribution in [3.05, 3.63) is 107 Å². The van der Waals surface area contributed by atoms with Crippen LogP contribution in [0.2, 0.25) is 0 Å². The smallest absolute Gasteiger partial charge is 0.294 e. The second-order valence-electron chi connectivity index (χ2n) is 7.26. The summed E-state index contributed by atoms with van der Waals surface area (Å²) in [6, 6.07) is 19.6. The number of ketones is 1. The maximum atomic E-state index is 13.5. The standard InChI is InChI=1S/C25H15N3O4/c26-13-15-7-9-18(10-8-15)28-22(17-5-3-11-27-14-17)21(24(30)25(28)31)23(29)20-12-16-4-1-2-6-19(16)32-20/h1-12,14,22,30H. The third-order valence-corrected chi connectivity index (χ3v) is 5.38. The highest BCUT2D eigenvalue weighted by Gasteiger charge is 2.45. The first-order valence-corrected chi connectivity index (χ1v) is 9.78. The number of carbonyl (C=O) groups excluding carboxylic acids is 2. The number of carbonyl (C=O) groups is 2. The van der Waals surface area contributed by atoms with Crippen molar-refractivity contribution in [3.8, 4) is 6.07 Å². The Labute approximate surface area is 182 Å². The van der Waals surface area contributed by atoms with Crippen molar-refractivity contribution >= 4 is 28.3 Å². The monoisotopic (exact) mass is 421 g/mol. The van der Waals surface area contributed by atoms with Gasteiger partial charge in [-0.05, 0) is 48.0 Å². The SMILES string of the molecule is N#Cc1ccc(N2C(=O)C(O)=C(C(=O)c3cc4ccccc4o3)C2c2cccnc2)cc1. The quantitative estimate of drug-likeness (QED) is 0.487. The molecule has 4 aromatic rings. The Hall–Kier alpha value is -4.70. The lowest BCUT2D eigenvalue weighted by Gasteiger charge is -2.26. The van der Waals surface area contributed by atoms with E-state index in [1.54, 1.807) is 67.0 Å². The Morgan fingerprint density at radius 2 is 1.88 bits per heavy atom. The summed E-state index contributed by atoms with van der Waals surface area (Å²) in [7, 11) is 0. The molecule has 0 aliphatic carbocycles. The molecule has 1 N–H and O–H groups in total. The van der Waals surface area contributed by atoms with Crippen LogP contribution in [0.15, 0.2) is 94.9 Å². The van der Waals surface area contributed by atoms with Crippen LogP contribution in [0.1, 0.15) is 27.7 Å². The van der Waals surface area contributed by atoms with E-state index in [1.807, 2.05) is 18.2 Å². The number of furan rings is 1. The molecular weight excluding hydrogens is 406 g/mol. The number of aliphatic hydroxyl groups excluding tert-OH is 1. The van der Waals surface area contributed by atoms with Crippen LogP contribution in [0.25, 0.3) is 11.0 Å². The third kappa shape index (κ3) is 3.02. The van der Waals surface area contributed by atoms with Gasteiger partial charge in [-0.1, -0.05) is 24.3 Å². The lowest BCUT2D eigenvalue weighted by molar-refractivity contribution is -0.117. The first-order chi connectivity index (χ1) is 15.6. The third-order valence-electron chi connectivity index (χ3n) is 5.38. The average molecular weight is 421 g/mol. The van der Waals surface area contributed by atoms with Gasteiger partial charge in [0.05, 0.1) is 23.2 Å². The summed E-state index contributed by atoms with van der Waals surface area (Å²) in [5.41, 5.74) is 1.85. The molecule has 7 heteroatoms. The van der Waals surface area contributed by atoms with Crippen LogP contribution < -0.4 is 4.90 Å². The number of hydrogen-bond donors (Lipinski definition) is 1. The van der Waals surface area contributed by atoms with Gasteiger partial charge in [-0.3, -0.25) is 19.5 Å². The van der Waals surface area contributed by atoms with Gasteiger partial charge in [-0.25, -0.2) is 0 Å². The zero-order valence-corrected chi connectivity index (χ0v) is 16.6. The normalized spacial score (nSPS) is 15.9. The number of Topliss-reactive ketones (excluding diaryl/α,β-unsaturated/α-hetero) is 1. The van der Waals surface area contributed by atoms with E-state index in [9.17, 15) is 14.7 Å². The highest BCUT2D eigenvalue weighted by molar-refractivity contribution is 6.20. The number of nitriles is 1. The first-order valence-electron chi connectivity index (χ1n) is 9.78. The predicted octanol–water partition coefficient (Wildman–Crippen LogP) is 4.48. The number of aliphatic hydroxyl groups is 1. The van der Waals surface area contributed by atoms with Crippen LogP contribution in [0, 0.1) is 11.3 Å². The van der Waals surface area contributed by atoms with Gasteiger partial charge in [-0.15, -0.1) is 0 Å². The van der Waals surface area contributed by atoms with Crippen LogP contribution in [0.3, 0.4) is 0 Å². The summed E-state index contributed by atoms with van der Waals surface area (Å²) in [6.07, 6.45) is 3.12. The lowest BCUT2D eigenvalue weighted by Crippen LogP contribution is -2.31. The molecule has 5 rings (SSSR count). The fraction of sp³-hybridized carbons (Fsp3) is 0.0400. The fourth-order valence-corrected chi connectivity index (χ4v) is 3.88. The van der Waals surface area contributed by atoms with Crippen molar-refractivity contribution in [2.75, 3.05) is 4.90 Å².